The molecule has 0 amide bonds. The Kier molecular flexibility index (Phi) is 4.62. The molecule has 2 saturated carbocycles. The Bertz CT molecular complexity index is 447. The lowest BCUT2D eigenvalue weighted by Crippen LogP contribution is -2.34. The molecule has 2 bridgehead atoms. The highest BCUT2D eigenvalue weighted by atomic mass is 79.9. The first-order chi connectivity index (χ1) is 9.66. The van der Waals surface area contributed by atoms with E-state index in [1.807, 2.05) is 0 Å². The summed E-state index contributed by atoms with van der Waals surface area (Å²) in [7, 11) is 0. The van der Waals surface area contributed by atoms with Gasteiger partial charge in [-0.25, -0.2) is 0 Å². The van der Waals surface area contributed by atoms with Crippen molar-refractivity contribution < 1.29 is 0 Å². The molecule has 0 aliphatic heterocycles. The minimum Gasteiger partial charge on any atom is -0.0918 e. The lowest BCUT2D eigenvalue weighted by Gasteiger charge is -2.36. The zero-order valence-corrected chi connectivity index (χ0v) is 15.4. The normalized spacial score (nSPS) is 29.1. The average molecular weight is 400 g/mol. The van der Waals surface area contributed by atoms with Crippen molar-refractivity contribution in [3.63, 3.8) is 0 Å². The Morgan fingerprint density at radius 1 is 1.05 bits per heavy atom. The Morgan fingerprint density at radius 2 is 1.75 bits per heavy atom. The van der Waals surface area contributed by atoms with E-state index in [4.69, 9.17) is 0 Å². The van der Waals surface area contributed by atoms with Crippen molar-refractivity contribution in [2.24, 2.45) is 17.8 Å². The lowest BCUT2D eigenvalue weighted by molar-refractivity contribution is 0.266. The van der Waals surface area contributed by atoms with Crippen molar-refractivity contribution >= 4 is 31.9 Å². The number of fused-ring (bicyclic) bond motifs is 2. The summed E-state index contributed by atoms with van der Waals surface area (Å²) < 4.78 is 0. The summed E-state index contributed by atoms with van der Waals surface area (Å²) in [6, 6.07) is 9.20. The number of rotatable bonds is 5. The molecule has 2 heteroatoms. The van der Waals surface area contributed by atoms with Crippen molar-refractivity contribution in [2.45, 2.75) is 44.4 Å². The maximum atomic E-state index is 3.82. The fourth-order valence-corrected chi connectivity index (χ4v) is 6.49. The van der Waals surface area contributed by atoms with E-state index in [1.54, 1.807) is 0 Å². The highest BCUT2D eigenvalue weighted by Gasteiger charge is 2.43. The molecule has 110 valence electrons. The van der Waals surface area contributed by atoms with Crippen LogP contribution in [0.1, 0.15) is 43.2 Å². The van der Waals surface area contributed by atoms with Gasteiger partial charge in [0.25, 0.3) is 0 Å². The van der Waals surface area contributed by atoms with E-state index in [9.17, 15) is 0 Å². The van der Waals surface area contributed by atoms with Crippen LogP contribution in [-0.4, -0.2) is 10.7 Å². The molecule has 1 aromatic rings. The third-order valence-electron chi connectivity index (χ3n) is 5.71. The lowest BCUT2D eigenvalue weighted by atomic mass is 9.72. The van der Waals surface area contributed by atoms with Gasteiger partial charge >= 0.3 is 0 Å². The number of hydrogen-bond acceptors (Lipinski definition) is 0. The van der Waals surface area contributed by atoms with Crippen LogP contribution in [0.25, 0.3) is 0 Å². The first kappa shape index (κ1) is 15.1. The summed E-state index contributed by atoms with van der Waals surface area (Å²) in [5.74, 6) is 3.01. The number of halogens is 2. The van der Waals surface area contributed by atoms with E-state index in [-0.39, 0.29) is 5.41 Å². The predicted octanol–water partition coefficient (Wildman–Crippen LogP) is 5.85. The standard InChI is InChI=1S/C18H24Br2/c1-13-2-6-17(7-3-13)18(11-19,12-20)10-16-9-14-4-5-15(16)8-14/h2-3,6-7,14-16H,4-5,8-12H2,1H3. The number of aryl methyl sites for hydroxylation is 1. The minimum atomic E-state index is 0.267. The van der Waals surface area contributed by atoms with Gasteiger partial charge in [0.05, 0.1) is 0 Å². The third-order valence-corrected chi connectivity index (χ3v) is 7.86. The highest BCUT2D eigenvalue weighted by Crippen LogP contribution is 2.52. The van der Waals surface area contributed by atoms with Crippen LogP contribution in [0.4, 0.5) is 0 Å². The molecule has 0 nitrogen and oxygen atoms in total. The van der Waals surface area contributed by atoms with E-state index >= 15 is 0 Å². The van der Waals surface area contributed by atoms with Crippen LogP contribution in [-0.2, 0) is 5.41 Å². The van der Waals surface area contributed by atoms with Crippen LogP contribution < -0.4 is 0 Å². The first-order valence-electron chi connectivity index (χ1n) is 7.86. The zero-order chi connectivity index (χ0) is 14.2. The highest BCUT2D eigenvalue weighted by molar-refractivity contribution is 9.09. The van der Waals surface area contributed by atoms with Crippen LogP contribution in [0.5, 0.6) is 0 Å². The molecule has 0 saturated heterocycles. The van der Waals surface area contributed by atoms with E-state index in [0.717, 1.165) is 28.4 Å². The topological polar surface area (TPSA) is 0 Å². The summed E-state index contributed by atoms with van der Waals surface area (Å²) in [4.78, 5) is 0. The summed E-state index contributed by atoms with van der Waals surface area (Å²) in [6.45, 7) is 2.17. The molecule has 0 aromatic heterocycles. The Labute approximate surface area is 140 Å². The molecule has 0 spiro atoms. The Morgan fingerprint density at radius 3 is 2.25 bits per heavy atom. The molecule has 2 aliphatic carbocycles. The SMILES string of the molecule is Cc1ccc(C(CBr)(CBr)CC2CC3CCC2C3)cc1. The van der Waals surface area contributed by atoms with Crippen LogP contribution >= 0.6 is 31.9 Å². The van der Waals surface area contributed by atoms with Gasteiger partial charge in [0, 0.05) is 16.1 Å². The van der Waals surface area contributed by atoms with Crippen molar-refractivity contribution in [3.8, 4) is 0 Å². The molecule has 3 unspecified atom stereocenters. The molecular formula is C18H24Br2. The molecule has 3 atom stereocenters. The van der Waals surface area contributed by atoms with E-state index in [0.29, 0.717) is 0 Å². The van der Waals surface area contributed by atoms with E-state index < -0.39 is 0 Å². The van der Waals surface area contributed by atoms with Gasteiger partial charge < -0.3 is 0 Å². The zero-order valence-electron chi connectivity index (χ0n) is 12.2. The monoisotopic (exact) mass is 398 g/mol. The molecule has 0 N–H and O–H groups in total. The second kappa shape index (κ2) is 6.12. The number of hydrogen-bond donors (Lipinski definition) is 0. The van der Waals surface area contributed by atoms with E-state index in [2.05, 4.69) is 63.0 Å². The minimum absolute atomic E-state index is 0.267. The first-order valence-corrected chi connectivity index (χ1v) is 10.1. The summed E-state index contributed by atoms with van der Waals surface area (Å²) in [6.07, 6.45) is 7.33. The summed E-state index contributed by atoms with van der Waals surface area (Å²) >= 11 is 7.64. The average Bonchev–Trinajstić information content (AvgIpc) is 3.08. The summed E-state index contributed by atoms with van der Waals surface area (Å²) in [5, 5.41) is 2.12. The fourth-order valence-electron chi connectivity index (χ4n) is 4.45. The van der Waals surface area contributed by atoms with Crippen LogP contribution in [0.3, 0.4) is 0 Å². The van der Waals surface area contributed by atoms with Gasteiger partial charge in [-0.2, -0.15) is 0 Å². The van der Waals surface area contributed by atoms with Gasteiger partial charge in [0.2, 0.25) is 0 Å². The van der Waals surface area contributed by atoms with Crippen molar-refractivity contribution in [3.05, 3.63) is 35.4 Å². The molecule has 0 heterocycles. The second-order valence-corrected chi connectivity index (χ2v) is 8.17. The molecular weight excluding hydrogens is 376 g/mol. The molecule has 1 aromatic carbocycles. The molecule has 2 aliphatic rings. The van der Waals surface area contributed by atoms with Gasteiger partial charge in [0.1, 0.15) is 0 Å². The maximum absolute atomic E-state index is 3.82. The number of alkyl halides is 2. The van der Waals surface area contributed by atoms with Gasteiger partial charge in [-0.15, -0.1) is 0 Å². The van der Waals surface area contributed by atoms with E-state index in [1.165, 1.54) is 43.2 Å². The third kappa shape index (κ3) is 2.75. The van der Waals surface area contributed by atoms with Crippen LogP contribution in [0.15, 0.2) is 24.3 Å². The molecule has 3 rings (SSSR count). The van der Waals surface area contributed by atoms with Crippen LogP contribution in [0, 0.1) is 24.7 Å². The molecule has 2 fully saturated rings. The molecule has 20 heavy (non-hydrogen) atoms. The van der Waals surface area contributed by atoms with Gasteiger partial charge in [0.15, 0.2) is 0 Å². The van der Waals surface area contributed by atoms with Crippen LogP contribution in [0.2, 0.25) is 0 Å². The van der Waals surface area contributed by atoms with Crippen molar-refractivity contribution in [1.82, 2.24) is 0 Å². The summed E-state index contributed by atoms with van der Waals surface area (Å²) in [5.41, 5.74) is 3.12. The van der Waals surface area contributed by atoms with Gasteiger partial charge in [-0.05, 0) is 55.9 Å². The second-order valence-electron chi connectivity index (χ2n) is 7.05. The predicted molar refractivity (Wildman–Crippen MR) is 94.0 cm³/mol. The maximum Gasteiger partial charge on any atom is 0.0149 e. The smallest absolute Gasteiger partial charge is 0.0149 e. The van der Waals surface area contributed by atoms with Gasteiger partial charge in [-0.1, -0.05) is 68.1 Å². The quantitative estimate of drug-likeness (QED) is 0.544. The Balaban J connectivity index is 1.82. The van der Waals surface area contributed by atoms with Crippen molar-refractivity contribution in [2.75, 3.05) is 10.7 Å². The fraction of sp³-hybridized carbons (Fsp3) is 0.667. The largest absolute Gasteiger partial charge is 0.0918 e. The van der Waals surface area contributed by atoms with Gasteiger partial charge in [-0.3, -0.25) is 0 Å². The Hall–Kier alpha value is 0.180. The van der Waals surface area contributed by atoms with Crippen molar-refractivity contribution in [1.29, 1.82) is 0 Å². The molecule has 0 radical (unpaired) electrons. The number of benzene rings is 1.